The van der Waals surface area contributed by atoms with Gasteiger partial charge in [-0.2, -0.15) is 0 Å². The number of unbranched alkanes of at least 4 members (excludes halogenated alkanes) is 2. The molecule has 34 heavy (non-hydrogen) atoms. The van der Waals surface area contributed by atoms with Gasteiger partial charge in [0.1, 0.15) is 12.2 Å². The molecule has 2 rings (SSSR count). The SMILES string of the molecule is CN(CCCCCC(=O)OC1CC(C)(C)N(C)C(C)(C)C1)C(=O)OC1CC(C)(C)NC(C)(C)C1. The first-order valence-corrected chi connectivity index (χ1v) is 13.1. The van der Waals surface area contributed by atoms with Gasteiger partial charge in [-0.1, -0.05) is 6.42 Å². The quantitative estimate of drug-likeness (QED) is 0.383. The summed E-state index contributed by atoms with van der Waals surface area (Å²) in [6.45, 7) is 18.1. The Morgan fingerprint density at radius 2 is 1.32 bits per heavy atom. The standard InChI is InChI=1S/C27H51N3O4/c1-24(2)16-20(17-25(3,4)28-24)34-23(32)29(9)15-13-11-12-14-22(31)33-21-18-26(5,6)30(10)27(7,8)19-21/h20-21,28H,11-19H2,1-10H3. The predicted octanol–water partition coefficient (Wildman–Crippen LogP) is 5.12. The van der Waals surface area contributed by atoms with E-state index in [9.17, 15) is 9.59 Å². The molecular weight excluding hydrogens is 430 g/mol. The van der Waals surface area contributed by atoms with Crippen LogP contribution in [0.2, 0.25) is 0 Å². The maximum absolute atomic E-state index is 12.6. The average molecular weight is 482 g/mol. The Morgan fingerprint density at radius 1 is 0.824 bits per heavy atom. The fraction of sp³-hybridized carbons (Fsp3) is 0.926. The smallest absolute Gasteiger partial charge is 0.409 e. The summed E-state index contributed by atoms with van der Waals surface area (Å²) in [5.41, 5.74) is -0.102. The summed E-state index contributed by atoms with van der Waals surface area (Å²) in [6.07, 6.45) is 5.90. The third-order valence-corrected chi connectivity index (χ3v) is 7.67. The minimum absolute atomic E-state index is 0.00549. The van der Waals surface area contributed by atoms with Crippen LogP contribution in [-0.4, -0.2) is 76.9 Å². The van der Waals surface area contributed by atoms with Crippen LogP contribution in [0, 0.1) is 0 Å². The monoisotopic (exact) mass is 481 g/mol. The Kier molecular flexibility index (Phi) is 9.12. The number of hydrogen-bond donors (Lipinski definition) is 1. The lowest BCUT2D eigenvalue weighted by Gasteiger charge is -2.53. The molecule has 0 aromatic heterocycles. The summed E-state index contributed by atoms with van der Waals surface area (Å²) >= 11 is 0. The molecule has 2 saturated heterocycles. The van der Waals surface area contributed by atoms with Crippen LogP contribution < -0.4 is 5.32 Å². The van der Waals surface area contributed by atoms with Crippen molar-refractivity contribution < 1.29 is 19.1 Å². The number of carbonyl (C=O) groups excluding carboxylic acids is 2. The first-order chi connectivity index (χ1) is 15.4. The van der Waals surface area contributed by atoms with E-state index in [0.717, 1.165) is 44.9 Å². The number of rotatable bonds is 8. The fourth-order valence-electron chi connectivity index (χ4n) is 6.04. The highest BCUT2D eigenvalue weighted by molar-refractivity contribution is 5.69. The molecule has 0 saturated carbocycles. The van der Waals surface area contributed by atoms with Gasteiger partial charge in [0.05, 0.1) is 0 Å². The minimum Gasteiger partial charge on any atom is -0.462 e. The molecule has 0 aromatic carbocycles. The van der Waals surface area contributed by atoms with Gasteiger partial charge in [0, 0.05) is 67.9 Å². The highest BCUT2D eigenvalue weighted by atomic mass is 16.6. The van der Waals surface area contributed by atoms with E-state index in [2.05, 4.69) is 72.7 Å². The summed E-state index contributed by atoms with van der Waals surface area (Å²) in [5.74, 6) is -0.106. The molecule has 7 heteroatoms. The van der Waals surface area contributed by atoms with E-state index in [1.165, 1.54) is 0 Å². The first kappa shape index (κ1) is 28.9. The van der Waals surface area contributed by atoms with Gasteiger partial charge >= 0.3 is 12.1 Å². The van der Waals surface area contributed by atoms with Crippen LogP contribution in [0.25, 0.3) is 0 Å². The van der Waals surface area contributed by atoms with Crippen LogP contribution in [0.3, 0.4) is 0 Å². The number of piperidine rings is 2. The van der Waals surface area contributed by atoms with E-state index in [0.29, 0.717) is 13.0 Å². The lowest BCUT2D eigenvalue weighted by Crippen LogP contribution is -2.60. The lowest BCUT2D eigenvalue weighted by atomic mass is 9.79. The Labute approximate surface area is 208 Å². The van der Waals surface area contributed by atoms with E-state index in [1.807, 2.05) is 0 Å². The second-order valence-electron chi connectivity index (χ2n) is 13.2. The summed E-state index contributed by atoms with van der Waals surface area (Å²) in [6, 6.07) is 0. The number of hydrogen-bond acceptors (Lipinski definition) is 6. The van der Waals surface area contributed by atoms with Crippen LogP contribution in [-0.2, 0) is 14.3 Å². The Morgan fingerprint density at radius 3 is 1.85 bits per heavy atom. The van der Waals surface area contributed by atoms with Crippen LogP contribution in [0.15, 0.2) is 0 Å². The molecule has 7 nitrogen and oxygen atoms in total. The van der Waals surface area contributed by atoms with Gasteiger partial charge in [-0.25, -0.2) is 4.79 Å². The Bertz CT molecular complexity index is 683. The number of amides is 1. The van der Waals surface area contributed by atoms with Crippen molar-refractivity contribution in [1.82, 2.24) is 15.1 Å². The Hall–Kier alpha value is -1.34. The van der Waals surface area contributed by atoms with E-state index >= 15 is 0 Å². The zero-order chi connectivity index (χ0) is 25.9. The predicted molar refractivity (Wildman–Crippen MR) is 137 cm³/mol. The molecule has 0 unspecified atom stereocenters. The van der Waals surface area contributed by atoms with Gasteiger partial charge in [0.15, 0.2) is 0 Å². The van der Waals surface area contributed by atoms with Gasteiger partial charge in [-0.3, -0.25) is 9.69 Å². The molecule has 1 amide bonds. The van der Waals surface area contributed by atoms with Crippen molar-refractivity contribution in [3.05, 3.63) is 0 Å². The molecular formula is C27H51N3O4. The maximum atomic E-state index is 12.6. The van der Waals surface area contributed by atoms with Crippen molar-refractivity contribution in [1.29, 1.82) is 0 Å². The molecule has 0 atom stereocenters. The number of nitrogens with zero attached hydrogens (tertiary/aromatic N) is 2. The molecule has 1 N–H and O–H groups in total. The molecule has 0 bridgehead atoms. The third kappa shape index (κ3) is 8.40. The summed E-state index contributed by atoms with van der Waals surface area (Å²) < 4.78 is 11.7. The van der Waals surface area contributed by atoms with Gasteiger partial charge in [-0.15, -0.1) is 0 Å². The molecule has 2 aliphatic heterocycles. The number of ether oxygens (including phenoxy) is 2. The molecule has 0 aromatic rings. The summed E-state index contributed by atoms with van der Waals surface area (Å²) in [4.78, 5) is 29.0. The van der Waals surface area contributed by atoms with Crippen molar-refractivity contribution in [2.45, 2.75) is 141 Å². The largest absolute Gasteiger partial charge is 0.462 e. The highest BCUT2D eigenvalue weighted by Gasteiger charge is 2.44. The lowest BCUT2D eigenvalue weighted by molar-refractivity contribution is -0.159. The number of carbonyl (C=O) groups is 2. The zero-order valence-electron chi connectivity index (χ0n) is 23.5. The first-order valence-electron chi connectivity index (χ1n) is 13.1. The van der Waals surface area contributed by atoms with Gasteiger partial charge in [0.2, 0.25) is 0 Å². The molecule has 2 heterocycles. The average Bonchev–Trinajstić information content (AvgIpc) is 2.62. The van der Waals surface area contributed by atoms with Crippen LogP contribution in [0.1, 0.15) is 107 Å². The molecule has 0 spiro atoms. The van der Waals surface area contributed by atoms with Gasteiger partial charge < -0.3 is 19.7 Å². The third-order valence-electron chi connectivity index (χ3n) is 7.67. The number of nitrogens with one attached hydrogen (secondary N) is 1. The maximum Gasteiger partial charge on any atom is 0.409 e. The van der Waals surface area contributed by atoms with Crippen molar-refractivity contribution in [2.75, 3.05) is 20.6 Å². The van der Waals surface area contributed by atoms with Crippen molar-refractivity contribution in [3.63, 3.8) is 0 Å². The zero-order valence-corrected chi connectivity index (χ0v) is 23.5. The van der Waals surface area contributed by atoms with Crippen LogP contribution in [0.5, 0.6) is 0 Å². The van der Waals surface area contributed by atoms with Crippen molar-refractivity contribution in [3.8, 4) is 0 Å². The van der Waals surface area contributed by atoms with Gasteiger partial charge in [-0.05, 0) is 75.3 Å². The normalized spacial score (nSPS) is 24.4. The fourth-order valence-corrected chi connectivity index (χ4v) is 6.04. The number of esters is 1. The van der Waals surface area contributed by atoms with Crippen molar-refractivity contribution >= 4 is 12.1 Å². The molecule has 0 radical (unpaired) electrons. The van der Waals surface area contributed by atoms with Gasteiger partial charge in [0.25, 0.3) is 0 Å². The van der Waals surface area contributed by atoms with E-state index in [1.54, 1.807) is 11.9 Å². The van der Waals surface area contributed by atoms with Crippen molar-refractivity contribution in [2.24, 2.45) is 0 Å². The second-order valence-corrected chi connectivity index (χ2v) is 13.2. The topological polar surface area (TPSA) is 71.1 Å². The van der Waals surface area contributed by atoms with E-state index in [-0.39, 0.29) is 46.4 Å². The Balaban J connectivity index is 1.66. The molecule has 0 aliphatic carbocycles. The summed E-state index contributed by atoms with van der Waals surface area (Å²) in [7, 11) is 3.94. The molecule has 2 aliphatic rings. The number of likely N-dealkylation sites (tertiary alicyclic amines) is 1. The van der Waals surface area contributed by atoms with E-state index in [4.69, 9.17) is 9.47 Å². The minimum atomic E-state index is -0.259. The van der Waals surface area contributed by atoms with Crippen LogP contribution >= 0.6 is 0 Å². The highest BCUT2D eigenvalue weighted by Crippen LogP contribution is 2.38. The summed E-state index contributed by atoms with van der Waals surface area (Å²) in [5, 5.41) is 3.61. The van der Waals surface area contributed by atoms with E-state index < -0.39 is 0 Å². The molecule has 198 valence electrons. The molecule has 2 fully saturated rings. The second kappa shape index (κ2) is 10.7. The van der Waals surface area contributed by atoms with Crippen LogP contribution in [0.4, 0.5) is 4.79 Å².